The van der Waals surface area contributed by atoms with Crippen LogP contribution in [0, 0.1) is 13.8 Å². The highest BCUT2D eigenvalue weighted by Gasteiger charge is 2.16. The van der Waals surface area contributed by atoms with Crippen LogP contribution in [0.25, 0.3) is 0 Å². The van der Waals surface area contributed by atoms with Gasteiger partial charge in [0, 0.05) is 5.69 Å². The van der Waals surface area contributed by atoms with Crippen LogP contribution in [0.5, 0.6) is 0 Å². The Labute approximate surface area is 176 Å². The third-order valence-corrected chi connectivity index (χ3v) is 4.92. The number of furan rings is 1. The fraction of sp³-hybridized carbons (Fsp3) is 0.250. The van der Waals surface area contributed by atoms with E-state index in [9.17, 15) is 9.59 Å². The van der Waals surface area contributed by atoms with E-state index >= 15 is 0 Å². The van der Waals surface area contributed by atoms with Gasteiger partial charge in [-0.25, -0.2) is 4.79 Å². The zero-order chi connectivity index (χ0) is 21.5. The molecular formula is C24H26N2O4. The number of rotatable bonds is 8. The van der Waals surface area contributed by atoms with Crippen LogP contribution in [0.2, 0.25) is 0 Å². The standard InChI is InChI=1S/C24H26N2O4/c1-16-10-11-19(13-17(16)2)18(3)26-23(27)15-30-24(28)21-8-4-5-9-22(21)25-14-20-7-6-12-29-20/h4-13,18,25H,14-15H2,1-3H3,(H,26,27)/t18-/m0/s1. The summed E-state index contributed by atoms with van der Waals surface area (Å²) in [6, 6.07) is 16.5. The van der Waals surface area contributed by atoms with Crippen molar-refractivity contribution in [3.63, 3.8) is 0 Å². The maximum atomic E-state index is 12.5. The molecule has 3 aromatic rings. The van der Waals surface area contributed by atoms with Crippen LogP contribution in [0.4, 0.5) is 5.69 Å². The van der Waals surface area contributed by atoms with Crippen molar-refractivity contribution in [1.29, 1.82) is 0 Å². The fourth-order valence-electron chi connectivity index (χ4n) is 3.02. The van der Waals surface area contributed by atoms with Crippen LogP contribution >= 0.6 is 0 Å². The maximum absolute atomic E-state index is 12.5. The Kier molecular flexibility index (Phi) is 6.91. The largest absolute Gasteiger partial charge is 0.467 e. The summed E-state index contributed by atoms with van der Waals surface area (Å²) >= 11 is 0. The van der Waals surface area contributed by atoms with Gasteiger partial charge in [0.25, 0.3) is 5.91 Å². The highest BCUT2D eigenvalue weighted by Crippen LogP contribution is 2.18. The quantitative estimate of drug-likeness (QED) is 0.537. The number of hydrogen-bond donors (Lipinski definition) is 2. The van der Waals surface area contributed by atoms with E-state index in [2.05, 4.69) is 10.6 Å². The van der Waals surface area contributed by atoms with Crippen LogP contribution in [-0.4, -0.2) is 18.5 Å². The summed E-state index contributed by atoms with van der Waals surface area (Å²) in [6.07, 6.45) is 1.59. The van der Waals surface area contributed by atoms with Crippen LogP contribution in [0.15, 0.2) is 65.3 Å². The Morgan fingerprint density at radius 3 is 2.57 bits per heavy atom. The maximum Gasteiger partial charge on any atom is 0.340 e. The first-order valence-corrected chi connectivity index (χ1v) is 9.83. The van der Waals surface area contributed by atoms with E-state index in [1.807, 2.05) is 51.1 Å². The Hall–Kier alpha value is -3.54. The molecule has 0 unspecified atom stereocenters. The molecule has 0 aliphatic rings. The van der Waals surface area contributed by atoms with Crippen LogP contribution in [-0.2, 0) is 16.1 Å². The van der Waals surface area contributed by atoms with E-state index in [0.717, 1.165) is 11.3 Å². The molecule has 0 aliphatic carbocycles. The predicted molar refractivity (Wildman–Crippen MR) is 115 cm³/mol. The number of carbonyl (C=O) groups is 2. The molecule has 1 aromatic heterocycles. The van der Waals surface area contributed by atoms with Crippen LogP contribution in [0.3, 0.4) is 0 Å². The first kappa shape index (κ1) is 21.2. The van der Waals surface area contributed by atoms with E-state index in [-0.39, 0.29) is 18.6 Å². The lowest BCUT2D eigenvalue weighted by atomic mass is 10.0. The van der Waals surface area contributed by atoms with E-state index in [1.165, 1.54) is 11.1 Å². The second-order valence-corrected chi connectivity index (χ2v) is 7.19. The minimum atomic E-state index is -0.563. The predicted octanol–water partition coefficient (Wildman–Crippen LogP) is 4.54. The van der Waals surface area contributed by atoms with Gasteiger partial charge >= 0.3 is 5.97 Å². The first-order chi connectivity index (χ1) is 14.4. The summed E-state index contributed by atoms with van der Waals surface area (Å²) in [4.78, 5) is 24.8. The van der Waals surface area contributed by atoms with E-state index in [4.69, 9.17) is 9.15 Å². The third kappa shape index (κ3) is 5.50. The molecule has 3 rings (SSSR count). The van der Waals surface area contributed by atoms with Crippen molar-refractivity contribution in [2.45, 2.75) is 33.4 Å². The molecule has 0 saturated heterocycles. The van der Waals surface area contributed by atoms with Crippen molar-refractivity contribution in [3.05, 3.63) is 88.9 Å². The second kappa shape index (κ2) is 9.78. The molecule has 0 bridgehead atoms. The number of aryl methyl sites for hydroxylation is 2. The average molecular weight is 406 g/mol. The highest BCUT2D eigenvalue weighted by molar-refractivity contribution is 5.96. The van der Waals surface area contributed by atoms with E-state index < -0.39 is 5.97 Å². The van der Waals surface area contributed by atoms with E-state index in [0.29, 0.717) is 17.8 Å². The summed E-state index contributed by atoms with van der Waals surface area (Å²) in [6.45, 7) is 6.07. The van der Waals surface area contributed by atoms with Crippen molar-refractivity contribution in [1.82, 2.24) is 5.32 Å². The van der Waals surface area contributed by atoms with Gasteiger partial charge in [0.1, 0.15) is 5.76 Å². The lowest BCUT2D eigenvalue weighted by Gasteiger charge is -2.16. The molecule has 0 aliphatic heterocycles. The normalized spacial score (nSPS) is 11.6. The van der Waals surface area contributed by atoms with Crippen LogP contribution < -0.4 is 10.6 Å². The number of esters is 1. The Morgan fingerprint density at radius 2 is 1.83 bits per heavy atom. The number of carbonyl (C=O) groups excluding carboxylic acids is 2. The lowest BCUT2D eigenvalue weighted by molar-refractivity contribution is -0.124. The minimum Gasteiger partial charge on any atom is -0.467 e. The SMILES string of the molecule is Cc1ccc([C@H](C)NC(=O)COC(=O)c2ccccc2NCc2ccco2)cc1C. The van der Waals surface area contributed by atoms with Gasteiger partial charge < -0.3 is 19.8 Å². The Morgan fingerprint density at radius 1 is 1.03 bits per heavy atom. The summed E-state index contributed by atoms with van der Waals surface area (Å²) < 4.78 is 10.5. The first-order valence-electron chi connectivity index (χ1n) is 9.83. The number of hydrogen-bond acceptors (Lipinski definition) is 5. The van der Waals surface area contributed by atoms with Gasteiger partial charge in [-0.15, -0.1) is 0 Å². The molecule has 6 nitrogen and oxygen atoms in total. The second-order valence-electron chi connectivity index (χ2n) is 7.19. The van der Waals surface area contributed by atoms with Crippen molar-refractivity contribution in [3.8, 4) is 0 Å². The number of benzene rings is 2. The van der Waals surface area contributed by atoms with Crippen molar-refractivity contribution < 1.29 is 18.7 Å². The molecule has 0 radical (unpaired) electrons. The molecule has 156 valence electrons. The molecule has 2 aromatic carbocycles. The molecule has 0 spiro atoms. The van der Waals surface area contributed by atoms with Gasteiger partial charge in [-0.1, -0.05) is 30.3 Å². The zero-order valence-corrected chi connectivity index (χ0v) is 17.4. The molecule has 0 fully saturated rings. The zero-order valence-electron chi connectivity index (χ0n) is 17.4. The molecular weight excluding hydrogens is 380 g/mol. The van der Waals surface area contributed by atoms with Crippen LogP contribution in [0.1, 0.15) is 45.8 Å². The minimum absolute atomic E-state index is 0.183. The summed E-state index contributed by atoms with van der Waals surface area (Å²) in [5.41, 5.74) is 4.34. The van der Waals surface area contributed by atoms with Crippen molar-refractivity contribution in [2.75, 3.05) is 11.9 Å². The summed E-state index contributed by atoms with van der Waals surface area (Å²) in [7, 11) is 0. The number of nitrogens with one attached hydrogen (secondary N) is 2. The molecule has 1 heterocycles. The van der Waals surface area contributed by atoms with E-state index in [1.54, 1.807) is 30.5 Å². The third-order valence-electron chi connectivity index (χ3n) is 4.92. The Balaban J connectivity index is 1.54. The van der Waals surface area contributed by atoms with Gasteiger partial charge in [-0.2, -0.15) is 0 Å². The summed E-state index contributed by atoms with van der Waals surface area (Å²) in [5, 5.41) is 6.02. The number of amides is 1. The average Bonchev–Trinajstić information content (AvgIpc) is 3.26. The van der Waals surface area contributed by atoms with Crippen molar-refractivity contribution >= 4 is 17.6 Å². The molecule has 2 N–H and O–H groups in total. The monoisotopic (exact) mass is 406 g/mol. The highest BCUT2D eigenvalue weighted by atomic mass is 16.5. The van der Waals surface area contributed by atoms with Gasteiger partial charge in [-0.3, -0.25) is 4.79 Å². The topological polar surface area (TPSA) is 80.6 Å². The van der Waals surface area contributed by atoms with Gasteiger partial charge in [0.15, 0.2) is 6.61 Å². The van der Waals surface area contributed by atoms with Gasteiger partial charge in [0.2, 0.25) is 0 Å². The molecule has 1 atom stereocenters. The number of para-hydroxylation sites is 1. The van der Waals surface area contributed by atoms with Gasteiger partial charge in [0.05, 0.1) is 24.4 Å². The Bertz CT molecular complexity index is 1010. The molecule has 6 heteroatoms. The lowest BCUT2D eigenvalue weighted by Crippen LogP contribution is -2.31. The molecule has 30 heavy (non-hydrogen) atoms. The number of ether oxygens (including phenoxy) is 1. The summed E-state index contributed by atoms with van der Waals surface area (Å²) in [5.74, 6) is -0.167. The molecule has 1 amide bonds. The van der Waals surface area contributed by atoms with Gasteiger partial charge in [-0.05, 0) is 61.7 Å². The number of anilines is 1. The molecule has 0 saturated carbocycles. The smallest absolute Gasteiger partial charge is 0.340 e. The van der Waals surface area contributed by atoms with Crippen molar-refractivity contribution in [2.24, 2.45) is 0 Å². The fourth-order valence-corrected chi connectivity index (χ4v) is 3.02.